The van der Waals surface area contributed by atoms with Crippen molar-refractivity contribution in [2.24, 2.45) is 0 Å². The standard InChI is InChI=1S/C25H25ClN4O3S/c26-21-15-22(28-13-11-27-12-14-28)24-23(16-21)29(17-19-7-3-1-4-8-19)25(31)30(34(24,32)33)18-20-9-5-2-6-10-20/h1-10,15-16,27H,11-14,17-18H2. The molecule has 34 heavy (non-hydrogen) atoms. The molecule has 176 valence electrons. The molecule has 0 spiro atoms. The van der Waals surface area contributed by atoms with Gasteiger partial charge in [-0.15, -0.1) is 0 Å². The summed E-state index contributed by atoms with van der Waals surface area (Å²) in [5, 5.41) is 3.68. The first kappa shape index (κ1) is 22.7. The summed E-state index contributed by atoms with van der Waals surface area (Å²) in [4.78, 5) is 17.4. The molecule has 2 aliphatic heterocycles. The molecule has 1 saturated heterocycles. The Morgan fingerprint density at radius 1 is 0.824 bits per heavy atom. The van der Waals surface area contributed by atoms with E-state index >= 15 is 0 Å². The molecule has 7 nitrogen and oxygen atoms in total. The highest BCUT2D eigenvalue weighted by Gasteiger charge is 2.44. The van der Waals surface area contributed by atoms with E-state index in [1.807, 2.05) is 65.6 Å². The van der Waals surface area contributed by atoms with Gasteiger partial charge in [-0.05, 0) is 23.3 Å². The molecule has 0 saturated carbocycles. The minimum atomic E-state index is -4.13. The summed E-state index contributed by atoms with van der Waals surface area (Å²) in [7, 11) is -4.13. The lowest BCUT2D eigenvalue weighted by molar-refractivity contribution is 0.226. The van der Waals surface area contributed by atoms with E-state index in [1.165, 1.54) is 4.90 Å². The molecule has 2 amide bonds. The predicted molar refractivity (Wildman–Crippen MR) is 134 cm³/mol. The number of nitrogens with zero attached hydrogens (tertiary/aromatic N) is 3. The van der Waals surface area contributed by atoms with Crippen LogP contribution in [0.4, 0.5) is 16.2 Å². The zero-order valence-electron chi connectivity index (χ0n) is 18.5. The summed E-state index contributed by atoms with van der Waals surface area (Å²) in [6, 6.07) is 21.4. The number of nitrogens with one attached hydrogen (secondary N) is 1. The Kier molecular flexibility index (Phi) is 6.20. The minimum absolute atomic E-state index is 0.0453. The van der Waals surface area contributed by atoms with Crippen LogP contribution in [0.15, 0.2) is 77.7 Å². The van der Waals surface area contributed by atoms with Crippen molar-refractivity contribution in [1.29, 1.82) is 0 Å². The Morgan fingerprint density at radius 3 is 2.00 bits per heavy atom. The number of hydrogen-bond acceptors (Lipinski definition) is 5. The van der Waals surface area contributed by atoms with Gasteiger partial charge in [0.2, 0.25) is 0 Å². The normalized spacial score (nSPS) is 17.6. The van der Waals surface area contributed by atoms with E-state index in [-0.39, 0.29) is 18.0 Å². The molecule has 9 heteroatoms. The van der Waals surface area contributed by atoms with E-state index < -0.39 is 16.1 Å². The number of fused-ring (bicyclic) bond motifs is 1. The summed E-state index contributed by atoms with van der Waals surface area (Å²) in [5.74, 6) is 0. The Bertz CT molecular complexity index is 1300. The van der Waals surface area contributed by atoms with Crippen LogP contribution in [0, 0.1) is 0 Å². The number of halogens is 1. The van der Waals surface area contributed by atoms with Gasteiger partial charge < -0.3 is 10.2 Å². The molecule has 5 rings (SSSR count). The van der Waals surface area contributed by atoms with E-state index in [2.05, 4.69) is 5.32 Å². The third-order valence-electron chi connectivity index (χ3n) is 6.11. The van der Waals surface area contributed by atoms with Crippen LogP contribution < -0.4 is 15.1 Å². The highest BCUT2D eigenvalue weighted by atomic mass is 35.5. The number of carbonyl (C=O) groups is 1. The number of carbonyl (C=O) groups excluding carboxylic acids is 1. The van der Waals surface area contributed by atoms with Gasteiger partial charge in [0.25, 0.3) is 10.0 Å². The average Bonchev–Trinajstić information content (AvgIpc) is 2.86. The second-order valence-corrected chi connectivity index (χ2v) is 10.6. The highest BCUT2D eigenvalue weighted by Crippen LogP contribution is 2.44. The molecular formula is C25H25ClN4O3S. The summed E-state index contributed by atoms with van der Waals surface area (Å²) in [6.07, 6.45) is 0. The third kappa shape index (κ3) is 4.24. The lowest BCUT2D eigenvalue weighted by Crippen LogP contribution is -2.51. The summed E-state index contributed by atoms with van der Waals surface area (Å²) in [6.45, 7) is 2.95. The quantitative estimate of drug-likeness (QED) is 0.576. The van der Waals surface area contributed by atoms with Gasteiger partial charge in [0.1, 0.15) is 4.90 Å². The number of rotatable bonds is 5. The molecule has 0 atom stereocenters. The van der Waals surface area contributed by atoms with Gasteiger partial charge in [-0.2, -0.15) is 0 Å². The first-order valence-corrected chi connectivity index (χ1v) is 13.0. The van der Waals surface area contributed by atoms with Crippen LogP contribution in [0.5, 0.6) is 0 Å². The Hall–Kier alpha value is -3.07. The molecule has 3 aromatic rings. The maximum atomic E-state index is 14.0. The number of piperazine rings is 1. The number of sulfonamides is 1. The number of amides is 2. The second kappa shape index (κ2) is 9.29. The van der Waals surface area contributed by atoms with E-state index in [0.717, 1.165) is 28.5 Å². The van der Waals surface area contributed by atoms with E-state index in [9.17, 15) is 13.2 Å². The monoisotopic (exact) mass is 496 g/mol. The van der Waals surface area contributed by atoms with E-state index in [4.69, 9.17) is 11.6 Å². The number of benzene rings is 3. The summed E-state index contributed by atoms with van der Waals surface area (Å²) < 4.78 is 28.9. The molecule has 3 aromatic carbocycles. The Balaban J connectivity index is 1.68. The molecule has 0 aromatic heterocycles. The van der Waals surface area contributed by atoms with Crippen LogP contribution in [0.1, 0.15) is 11.1 Å². The van der Waals surface area contributed by atoms with Crippen molar-refractivity contribution in [2.45, 2.75) is 18.0 Å². The average molecular weight is 497 g/mol. The molecule has 1 fully saturated rings. The van der Waals surface area contributed by atoms with E-state index in [0.29, 0.717) is 29.5 Å². The maximum Gasteiger partial charge on any atom is 0.339 e. The van der Waals surface area contributed by atoms with Crippen LogP contribution in [-0.4, -0.2) is 44.9 Å². The molecule has 0 bridgehead atoms. The largest absolute Gasteiger partial charge is 0.368 e. The number of urea groups is 1. The van der Waals surface area contributed by atoms with Crippen LogP contribution in [0.3, 0.4) is 0 Å². The minimum Gasteiger partial charge on any atom is -0.368 e. The number of hydrogen-bond donors (Lipinski definition) is 1. The molecule has 2 heterocycles. The van der Waals surface area contributed by atoms with Crippen molar-refractivity contribution < 1.29 is 13.2 Å². The smallest absolute Gasteiger partial charge is 0.339 e. The fourth-order valence-corrected chi connectivity index (χ4v) is 6.38. The first-order valence-electron chi connectivity index (χ1n) is 11.2. The summed E-state index contributed by atoms with van der Waals surface area (Å²) >= 11 is 6.49. The SMILES string of the molecule is O=C1N(Cc2ccccc2)c2cc(Cl)cc(N3CCNCC3)c2S(=O)(=O)N1Cc1ccccc1. The molecule has 0 radical (unpaired) electrons. The Morgan fingerprint density at radius 2 is 1.38 bits per heavy atom. The fourth-order valence-electron chi connectivity index (χ4n) is 4.44. The zero-order valence-corrected chi connectivity index (χ0v) is 20.1. The van der Waals surface area contributed by atoms with Gasteiger partial charge in [-0.1, -0.05) is 72.3 Å². The molecule has 0 aliphatic carbocycles. The predicted octanol–water partition coefficient (Wildman–Crippen LogP) is 4.08. The zero-order chi connectivity index (χ0) is 23.7. The lowest BCUT2D eigenvalue weighted by atomic mass is 10.1. The van der Waals surface area contributed by atoms with Crippen molar-refractivity contribution in [3.63, 3.8) is 0 Å². The molecule has 2 aliphatic rings. The summed E-state index contributed by atoms with van der Waals surface area (Å²) in [5.41, 5.74) is 2.48. The van der Waals surface area contributed by atoms with Crippen molar-refractivity contribution in [1.82, 2.24) is 9.62 Å². The third-order valence-corrected chi connectivity index (χ3v) is 8.13. The van der Waals surface area contributed by atoms with Gasteiger partial charge in [-0.25, -0.2) is 17.5 Å². The Labute approximate surface area is 204 Å². The van der Waals surface area contributed by atoms with Gasteiger partial charge >= 0.3 is 6.03 Å². The van der Waals surface area contributed by atoms with Gasteiger partial charge in [0.15, 0.2) is 0 Å². The molecule has 0 unspecified atom stereocenters. The van der Waals surface area contributed by atoms with Gasteiger partial charge in [0, 0.05) is 31.2 Å². The van der Waals surface area contributed by atoms with E-state index in [1.54, 1.807) is 12.1 Å². The topological polar surface area (TPSA) is 73.0 Å². The number of anilines is 2. The maximum absolute atomic E-state index is 14.0. The van der Waals surface area contributed by atoms with Crippen LogP contribution in [0.2, 0.25) is 5.02 Å². The van der Waals surface area contributed by atoms with Crippen molar-refractivity contribution in [3.05, 3.63) is 88.9 Å². The van der Waals surface area contributed by atoms with Gasteiger partial charge in [-0.3, -0.25) is 4.90 Å². The van der Waals surface area contributed by atoms with Crippen molar-refractivity contribution in [2.75, 3.05) is 36.0 Å². The molecule has 1 N–H and O–H groups in total. The fraction of sp³-hybridized carbons (Fsp3) is 0.240. The van der Waals surface area contributed by atoms with Crippen LogP contribution >= 0.6 is 11.6 Å². The lowest BCUT2D eigenvalue weighted by Gasteiger charge is -2.39. The van der Waals surface area contributed by atoms with Crippen molar-refractivity contribution >= 4 is 39.0 Å². The first-order chi connectivity index (χ1) is 16.4. The van der Waals surface area contributed by atoms with Crippen molar-refractivity contribution in [3.8, 4) is 0 Å². The molecular weight excluding hydrogens is 472 g/mol. The van der Waals surface area contributed by atoms with Crippen LogP contribution in [-0.2, 0) is 23.1 Å². The van der Waals surface area contributed by atoms with Gasteiger partial charge in [0.05, 0.1) is 24.5 Å². The van der Waals surface area contributed by atoms with Crippen LogP contribution in [0.25, 0.3) is 0 Å². The second-order valence-electron chi connectivity index (χ2n) is 8.36. The highest BCUT2D eigenvalue weighted by molar-refractivity contribution is 7.90.